The van der Waals surface area contributed by atoms with Crippen molar-refractivity contribution in [1.82, 2.24) is 18.8 Å². The van der Waals surface area contributed by atoms with Crippen molar-refractivity contribution in [3.63, 3.8) is 0 Å². The van der Waals surface area contributed by atoms with Gasteiger partial charge >= 0.3 is 0 Å². The zero-order chi connectivity index (χ0) is 17.3. The van der Waals surface area contributed by atoms with Crippen molar-refractivity contribution in [2.24, 2.45) is 7.05 Å². The fourth-order valence-corrected chi connectivity index (χ4v) is 4.34. The fourth-order valence-electron chi connectivity index (χ4n) is 2.64. The Hall–Kier alpha value is -1.64. The molecule has 0 radical (unpaired) electrons. The van der Waals surface area contributed by atoms with Crippen molar-refractivity contribution in [3.05, 3.63) is 35.5 Å². The molecule has 0 aliphatic carbocycles. The number of sulfonamides is 1. The normalized spacial score (nSPS) is 19.4. The molecule has 3 rings (SSSR count). The zero-order valence-electron chi connectivity index (χ0n) is 13.5. The van der Waals surface area contributed by atoms with E-state index in [4.69, 9.17) is 16.3 Å². The molecule has 2 aromatic rings. The van der Waals surface area contributed by atoms with Crippen LogP contribution in [0.25, 0.3) is 0 Å². The van der Waals surface area contributed by atoms with E-state index in [-0.39, 0.29) is 17.7 Å². The molecule has 24 heavy (non-hydrogen) atoms. The number of pyridine rings is 1. The van der Waals surface area contributed by atoms with Gasteiger partial charge in [-0.25, -0.2) is 13.4 Å². The number of aryl methyl sites for hydroxylation is 2. The summed E-state index contributed by atoms with van der Waals surface area (Å²) >= 11 is 6.05. The second-order valence-corrected chi connectivity index (χ2v) is 8.08. The Balaban J connectivity index is 1.76. The molecule has 0 bridgehead atoms. The van der Waals surface area contributed by atoms with Crippen molar-refractivity contribution in [3.8, 4) is 5.75 Å². The van der Waals surface area contributed by atoms with Crippen LogP contribution >= 0.6 is 11.6 Å². The molecule has 0 saturated carbocycles. The molecule has 2 aromatic heterocycles. The van der Waals surface area contributed by atoms with Crippen molar-refractivity contribution >= 4 is 21.6 Å². The number of ether oxygens (including phenoxy) is 1. The van der Waals surface area contributed by atoms with E-state index < -0.39 is 10.0 Å². The van der Waals surface area contributed by atoms with Gasteiger partial charge in [-0.15, -0.1) is 0 Å². The summed E-state index contributed by atoms with van der Waals surface area (Å²) in [6.45, 7) is 2.51. The number of hydrogen-bond donors (Lipinski definition) is 0. The van der Waals surface area contributed by atoms with Crippen LogP contribution in [0.2, 0.25) is 5.02 Å². The van der Waals surface area contributed by atoms with Gasteiger partial charge in [-0.2, -0.15) is 4.31 Å². The second-order valence-electron chi connectivity index (χ2n) is 5.79. The third kappa shape index (κ3) is 3.40. The Morgan fingerprint density at radius 2 is 2.21 bits per heavy atom. The highest BCUT2D eigenvalue weighted by atomic mass is 35.5. The van der Waals surface area contributed by atoms with E-state index >= 15 is 0 Å². The summed E-state index contributed by atoms with van der Waals surface area (Å²) in [6.07, 6.45) is 5.87. The minimum Gasteiger partial charge on any atom is -0.487 e. The molecule has 0 aromatic carbocycles. The maximum atomic E-state index is 12.8. The SMILES string of the molecule is Cc1nc(S(=O)(=O)N2CCC[C@H](Oc3ccncc3Cl)C2)cn1C. The average molecular weight is 371 g/mol. The Morgan fingerprint density at radius 1 is 1.42 bits per heavy atom. The van der Waals surface area contributed by atoms with Gasteiger partial charge in [0.05, 0.1) is 6.54 Å². The van der Waals surface area contributed by atoms with Gasteiger partial charge in [-0.05, 0) is 19.8 Å². The monoisotopic (exact) mass is 370 g/mol. The molecule has 7 nitrogen and oxygen atoms in total. The van der Waals surface area contributed by atoms with Crippen LogP contribution < -0.4 is 4.74 Å². The van der Waals surface area contributed by atoms with Gasteiger partial charge in [0.2, 0.25) is 0 Å². The average Bonchev–Trinajstić information content (AvgIpc) is 2.90. The van der Waals surface area contributed by atoms with Crippen LogP contribution in [0.4, 0.5) is 0 Å². The Labute approximate surface area is 146 Å². The van der Waals surface area contributed by atoms with Crippen LogP contribution in [0.1, 0.15) is 18.7 Å². The van der Waals surface area contributed by atoms with E-state index in [0.29, 0.717) is 23.1 Å². The molecule has 0 amide bonds. The maximum absolute atomic E-state index is 12.8. The third-order valence-corrected chi connectivity index (χ3v) is 6.08. The van der Waals surface area contributed by atoms with Gasteiger partial charge < -0.3 is 9.30 Å². The fraction of sp³-hybridized carbons (Fsp3) is 0.467. The standard InChI is InChI=1S/C15H19ClN4O3S/c1-11-18-15(10-19(11)2)24(21,22)20-7-3-4-12(9-20)23-14-5-6-17-8-13(14)16/h5-6,8,10,12H,3-4,7,9H2,1-2H3/t12-/m0/s1. The van der Waals surface area contributed by atoms with Gasteiger partial charge in [0, 0.05) is 38.2 Å². The molecular formula is C15H19ClN4O3S. The first-order valence-electron chi connectivity index (χ1n) is 7.64. The summed E-state index contributed by atoms with van der Waals surface area (Å²) in [5, 5.41) is 0.489. The highest BCUT2D eigenvalue weighted by Crippen LogP contribution is 2.27. The van der Waals surface area contributed by atoms with Gasteiger partial charge in [0.15, 0.2) is 5.03 Å². The quantitative estimate of drug-likeness (QED) is 0.822. The number of aromatic nitrogens is 3. The lowest BCUT2D eigenvalue weighted by Crippen LogP contribution is -2.44. The molecule has 1 aliphatic heterocycles. The molecule has 0 unspecified atom stereocenters. The van der Waals surface area contributed by atoms with Crippen molar-refractivity contribution < 1.29 is 13.2 Å². The molecule has 9 heteroatoms. The zero-order valence-corrected chi connectivity index (χ0v) is 15.1. The smallest absolute Gasteiger partial charge is 0.262 e. The molecule has 3 heterocycles. The maximum Gasteiger partial charge on any atom is 0.262 e. The number of imidazole rings is 1. The minimum atomic E-state index is -3.62. The van der Waals surface area contributed by atoms with Gasteiger partial charge in [0.1, 0.15) is 22.7 Å². The molecule has 1 aliphatic rings. The summed E-state index contributed by atoms with van der Waals surface area (Å²) in [4.78, 5) is 8.06. The van der Waals surface area contributed by atoms with Crippen molar-refractivity contribution in [2.45, 2.75) is 30.9 Å². The van der Waals surface area contributed by atoms with Crippen LogP contribution in [0.3, 0.4) is 0 Å². The van der Waals surface area contributed by atoms with Crippen LogP contribution in [0.15, 0.2) is 29.7 Å². The van der Waals surface area contributed by atoms with Gasteiger partial charge in [-0.1, -0.05) is 11.6 Å². The van der Waals surface area contributed by atoms with E-state index in [1.165, 1.54) is 16.7 Å². The van der Waals surface area contributed by atoms with Crippen LogP contribution in [0, 0.1) is 6.92 Å². The van der Waals surface area contributed by atoms with Crippen molar-refractivity contribution in [2.75, 3.05) is 13.1 Å². The van der Waals surface area contributed by atoms with E-state index in [0.717, 1.165) is 12.8 Å². The molecule has 1 fully saturated rings. The summed E-state index contributed by atoms with van der Waals surface area (Å²) in [6, 6.07) is 1.68. The summed E-state index contributed by atoms with van der Waals surface area (Å²) in [5.41, 5.74) is 0. The lowest BCUT2D eigenvalue weighted by atomic mass is 10.1. The largest absolute Gasteiger partial charge is 0.487 e. The van der Waals surface area contributed by atoms with Gasteiger partial charge in [0.25, 0.3) is 10.0 Å². The summed E-state index contributed by atoms with van der Waals surface area (Å²) in [7, 11) is -1.85. The lowest BCUT2D eigenvalue weighted by molar-refractivity contribution is 0.129. The highest BCUT2D eigenvalue weighted by Gasteiger charge is 2.33. The number of rotatable bonds is 4. The highest BCUT2D eigenvalue weighted by molar-refractivity contribution is 7.89. The lowest BCUT2D eigenvalue weighted by Gasteiger charge is -2.31. The third-order valence-electron chi connectivity index (χ3n) is 4.06. The van der Waals surface area contributed by atoms with Crippen LogP contribution in [-0.2, 0) is 17.1 Å². The second kappa shape index (κ2) is 6.70. The van der Waals surface area contributed by atoms with E-state index in [1.54, 1.807) is 30.8 Å². The van der Waals surface area contributed by atoms with Gasteiger partial charge in [-0.3, -0.25) is 4.98 Å². The van der Waals surface area contributed by atoms with E-state index in [1.807, 2.05) is 0 Å². The molecular weight excluding hydrogens is 352 g/mol. The van der Waals surface area contributed by atoms with Crippen LogP contribution in [0.5, 0.6) is 5.75 Å². The summed E-state index contributed by atoms with van der Waals surface area (Å²) < 4.78 is 34.5. The predicted octanol–water partition coefficient (Wildman–Crippen LogP) is 2.01. The molecule has 0 N–H and O–H groups in total. The molecule has 1 atom stereocenters. The minimum absolute atomic E-state index is 0.0742. The summed E-state index contributed by atoms with van der Waals surface area (Å²) in [5.74, 6) is 1.17. The number of hydrogen-bond acceptors (Lipinski definition) is 5. The van der Waals surface area contributed by atoms with E-state index in [9.17, 15) is 8.42 Å². The molecule has 1 saturated heterocycles. The predicted molar refractivity (Wildman–Crippen MR) is 89.6 cm³/mol. The first-order valence-corrected chi connectivity index (χ1v) is 9.46. The first-order chi connectivity index (χ1) is 11.4. The topological polar surface area (TPSA) is 77.3 Å². The van der Waals surface area contributed by atoms with Crippen LogP contribution in [-0.4, -0.2) is 46.5 Å². The Morgan fingerprint density at radius 3 is 2.88 bits per heavy atom. The Kier molecular flexibility index (Phi) is 4.80. The molecule has 130 valence electrons. The number of nitrogens with zero attached hydrogens (tertiary/aromatic N) is 4. The van der Waals surface area contributed by atoms with Crippen molar-refractivity contribution in [1.29, 1.82) is 0 Å². The Bertz CT molecular complexity index is 817. The molecule has 0 spiro atoms. The first kappa shape index (κ1) is 17.2. The van der Waals surface area contributed by atoms with E-state index in [2.05, 4.69) is 9.97 Å². The number of piperidine rings is 1. The number of halogens is 1.